The summed E-state index contributed by atoms with van der Waals surface area (Å²) in [6.45, 7) is 12.2. The summed E-state index contributed by atoms with van der Waals surface area (Å²) < 4.78 is 10.2. The Morgan fingerprint density at radius 3 is 2.24 bits per heavy atom. The van der Waals surface area contributed by atoms with E-state index >= 15 is 0 Å². The molecule has 0 saturated heterocycles. The quantitative estimate of drug-likeness (QED) is 0.848. The van der Waals surface area contributed by atoms with Gasteiger partial charge in [0.1, 0.15) is 16.9 Å². The molecule has 0 bridgehead atoms. The van der Waals surface area contributed by atoms with E-state index in [1.54, 1.807) is 48.5 Å². The van der Waals surface area contributed by atoms with Crippen LogP contribution in [0.3, 0.4) is 0 Å². The summed E-state index contributed by atoms with van der Waals surface area (Å²) in [4.78, 5) is 24.4. The Morgan fingerprint density at radius 1 is 1.29 bits per heavy atom. The first-order valence-electron chi connectivity index (χ1n) is 6.79. The van der Waals surface area contributed by atoms with Gasteiger partial charge in [-0.3, -0.25) is 4.79 Å². The molecule has 0 unspecified atom stereocenters. The van der Waals surface area contributed by atoms with Gasteiger partial charge < -0.3 is 9.26 Å². The van der Waals surface area contributed by atoms with Crippen LogP contribution >= 0.6 is 0 Å². The lowest BCUT2D eigenvalue weighted by Gasteiger charge is -2.28. The van der Waals surface area contributed by atoms with Gasteiger partial charge in [0, 0.05) is 6.04 Å². The van der Waals surface area contributed by atoms with Crippen LogP contribution in [0, 0.1) is 13.8 Å². The molecule has 0 fully saturated rings. The van der Waals surface area contributed by atoms with Crippen molar-refractivity contribution in [2.24, 2.45) is 0 Å². The highest BCUT2D eigenvalue weighted by Crippen LogP contribution is 2.16. The van der Waals surface area contributed by atoms with E-state index in [1.807, 2.05) is 0 Å². The molecule has 7 heteroatoms. The maximum Gasteiger partial charge on any atom is 0.426 e. The monoisotopic (exact) mass is 297 g/mol. The molecule has 0 radical (unpaired) electrons. The number of hydrazine groups is 1. The van der Waals surface area contributed by atoms with Gasteiger partial charge in [-0.05, 0) is 48.5 Å². The Kier molecular flexibility index (Phi) is 4.98. The SMILES string of the molecule is Cc1noc(C)c1C(=O)N(NC(=O)OC(C)(C)C)C(C)C. The second-order valence-electron chi connectivity index (χ2n) is 6.08. The molecule has 21 heavy (non-hydrogen) atoms. The first-order valence-corrected chi connectivity index (χ1v) is 6.79. The number of nitrogens with zero attached hydrogens (tertiary/aromatic N) is 2. The molecular formula is C14H23N3O4. The van der Waals surface area contributed by atoms with Gasteiger partial charge >= 0.3 is 6.09 Å². The predicted octanol–water partition coefficient (Wildman–Crippen LogP) is 2.58. The van der Waals surface area contributed by atoms with Crippen LogP contribution in [0.25, 0.3) is 0 Å². The molecule has 118 valence electrons. The summed E-state index contributed by atoms with van der Waals surface area (Å²) in [6.07, 6.45) is -0.684. The smallest absolute Gasteiger partial charge is 0.426 e. The fourth-order valence-electron chi connectivity index (χ4n) is 1.72. The van der Waals surface area contributed by atoms with Crippen LogP contribution in [0.4, 0.5) is 4.79 Å². The van der Waals surface area contributed by atoms with E-state index in [0.717, 1.165) is 0 Å². The minimum absolute atomic E-state index is 0.251. The maximum absolute atomic E-state index is 12.5. The molecular weight excluding hydrogens is 274 g/mol. The predicted molar refractivity (Wildman–Crippen MR) is 76.7 cm³/mol. The minimum Gasteiger partial charge on any atom is -0.443 e. The maximum atomic E-state index is 12.5. The summed E-state index contributed by atoms with van der Waals surface area (Å²) in [7, 11) is 0. The molecule has 0 atom stereocenters. The molecule has 2 amide bonds. The van der Waals surface area contributed by atoms with Crippen molar-refractivity contribution in [3.63, 3.8) is 0 Å². The average molecular weight is 297 g/mol. The average Bonchev–Trinajstić information content (AvgIpc) is 2.62. The molecule has 0 aliphatic carbocycles. The van der Waals surface area contributed by atoms with E-state index in [2.05, 4.69) is 10.6 Å². The van der Waals surface area contributed by atoms with Gasteiger partial charge in [0.25, 0.3) is 5.91 Å². The zero-order valence-electron chi connectivity index (χ0n) is 13.6. The molecule has 1 N–H and O–H groups in total. The van der Waals surface area contributed by atoms with Crippen molar-refractivity contribution in [2.75, 3.05) is 0 Å². The van der Waals surface area contributed by atoms with Gasteiger partial charge in [0.15, 0.2) is 0 Å². The Balaban J connectivity index is 2.93. The fourth-order valence-corrected chi connectivity index (χ4v) is 1.72. The molecule has 7 nitrogen and oxygen atoms in total. The Labute approximate surface area is 124 Å². The molecule has 0 aromatic carbocycles. The number of nitrogens with one attached hydrogen (secondary N) is 1. The molecule has 0 spiro atoms. The standard InChI is InChI=1S/C14H23N3O4/c1-8(2)17(15-13(19)20-14(5,6)7)12(18)11-9(3)16-21-10(11)4/h8H,1-7H3,(H,15,19). The number of aryl methyl sites for hydroxylation is 2. The van der Waals surface area contributed by atoms with Crippen LogP contribution < -0.4 is 5.43 Å². The summed E-state index contributed by atoms with van der Waals surface area (Å²) >= 11 is 0. The minimum atomic E-state index is -0.684. The zero-order chi connectivity index (χ0) is 16.4. The highest BCUT2D eigenvalue weighted by atomic mass is 16.6. The molecule has 1 rings (SSSR count). The largest absolute Gasteiger partial charge is 0.443 e. The number of hydrogen-bond acceptors (Lipinski definition) is 5. The molecule has 1 heterocycles. The van der Waals surface area contributed by atoms with Crippen LogP contribution in [0.1, 0.15) is 56.4 Å². The van der Waals surface area contributed by atoms with Crippen molar-refractivity contribution < 1.29 is 18.8 Å². The second-order valence-corrected chi connectivity index (χ2v) is 6.08. The van der Waals surface area contributed by atoms with Crippen molar-refractivity contribution in [3.05, 3.63) is 17.0 Å². The number of carbonyl (C=O) groups excluding carboxylic acids is 2. The third kappa shape index (κ3) is 4.47. The number of hydrogen-bond donors (Lipinski definition) is 1. The summed E-state index contributed by atoms with van der Waals surface area (Å²) in [5, 5.41) is 4.96. The van der Waals surface area contributed by atoms with E-state index in [4.69, 9.17) is 9.26 Å². The molecule has 0 aliphatic heterocycles. The highest BCUT2D eigenvalue weighted by molar-refractivity contribution is 5.96. The van der Waals surface area contributed by atoms with Crippen LogP contribution in [0.2, 0.25) is 0 Å². The molecule has 0 saturated carbocycles. The highest BCUT2D eigenvalue weighted by Gasteiger charge is 2.28. The van der Waals surface area contributed by atoms with E-state index < -0.39 is 11.7 Å². The number of ether oxygens (including phenoxy) is 1. The Hall–Kier alpha value is -2.05. The third-order valence-electron chi connectivity index (χ3n) is 2.59. The van der Waals surface area contributed by atoms with Crippen molar-refractivity contribution >= 4 is 12.0 Å². The summed E-state index contributed by atoms with van der Waals surface area (Å²) in [5.41, 5.74) is 2.66. The van der Waals surface area contributed by atoms with Gasteiger partial charge in [-0.15, -0.1) is 0 Å². The van der Waals surface area contributed by atoms with Gasteiger partial charge in [0.2, 0.25) is 0 Å². The zero-order valence-corrected chi connectivity index (χ0v) is 13.6. The number of aromatic nitrogens is 1. The van der Waals surface area contributed by atoms with Gasteiger partial charge in [-0.2, -0.15) is 0 Å². The van der Waals surface area contributed by atoms with Gasteiger partial charge in [-0.25, -0.2) is 15.2 Å². The number of amides is 2. The second kappa shape index (κ2) is 6.15. The summed E-state index contributed by atoms with van der Waals surface area (Å²) in [5.74, 6) is 0.0289. The first-order chi connectivity index (χ1) is 9.53. The summed E-state index contributed by atoms with van der Waals surface area (Å²) in [6, 6.07) is -0.251. The third-order valence-corrected chi connectivity index (χ3v) is 2.59. The van der Waals surface area contributed by atoms with Crippen molar-refractivity contribution in [1.82, 2.24) is 15.6 Å². The lowest BCUT2D eigenvalue weighted by molar-refractivity contribution is 0.0241. The fraction of sp³-hybridized carbons (Fsp3) is 0.643. The Bertz CT molecular complexity index is 509. The van der Waals surface area contributed by atoms with Gasteiger partial charge in [-0.1, -0.05) is 5.16 Å². The van der Waals surface area contributed by atoms with E-state index in [9.17, 15) is 9.59 Å². The van der Waals surface area contributed by atoms with Gasteiger partial charge in [0.05, 0.1) is 5.69 Å². The lowest BCUT2D eigenvalue weighted by Crippen LogP contribution is -2.51. The lowest BCUT2D eigenvalue weighted by atomic mass is 10.2. The topological polar surface area (TPSA) is 84.7 Å². The first kappa shape index (κ1) is 17.0. The Morgan fingerprint density at radius 2 is 1.86 bits per heavy atom. The number of carbonyl (C=O) groups is 2. The van der Waals surface area contributed by atoms with E-state index in [-0.39, 0.29) is 11.9 Å². The number of rotatable bonds is 2. The molecule has 1 aromatic heterocycles. The van der Waals surface area contributed by atoms with Crippen LogP contribution in [0.5, 0.6) is 0 Å². The van der Waals surface area contributed by atoms with Crippen LogP contribution in [0.15, 0.2) is 4.52 Å². The van der Waals surface area contributed by atoms with Crippen LogP contribution in [-0.2, 0) is 4.74 Å². The molecule has 1 aromatic rings. The normalized spacial score (nSPS) is 11.4. The van der Waals surface area contributed by atoms with Crippen molar-refractivity contribution in [3.8, 4) is 0 Å². The van der Waals surface area contributed by atoms with E-state index in [0.29, 0.717) is 17.0 Å². The van der Waals surface area contributed by atoms with Crippen LogP contribution in [-0.4, -0.2) is 33.8 Å². The molecule has 0 aliphatic rings. The van der Waals surface area contributed by atoms with Crippen molar-refractivity contribution in [2.45, 2.75) is 60.1 Å². The van der Waals surface area contributed by atoms with Crippen molar-refractivity contribution in [1.29, 1.82) is 0 Å². The van der Waals surface area contributed by atoms with E-state index in [1.165, 1.54) is 5.01 Å².